The normalized spacial score (nSPS) is 20.4. The first kappa shape index (κ1) is 13.4. The summed E-state index contributed by atoms with van der Waals surface area (Å²) in [6, 6.07) is 4.45. The number of rotatable bonds is 4. The highest BCUT2D eigenvalue weighted by Crippen LogP contribution is 2.34. The molecule has 0 saturated heterocycles. The van der Waals surface area contributed by atoms with E-state index in [4.69, 9.17) is 9.84 Å². The van der Waals surface area contributed by atoms with Crippen LogP contribution in [0.4, 0.5) is 0 Å². The molecule has 1 aromatic carbocycles. The van der Waals surface area contributed by atoms with E-state index in [1.807, 2.05) is 6.07 Å². The Morgan fingerprint density at radius 2 is 2.05 bits per heavy atom. The molecule has 4 nitrogen and oxygen atoms in total. The third kappa shape index (κ3) is 2.40. The molecule has 1 aliphatic carbocycles. The molecule has 108 valence electrons. The van der Waals surface area contributed by atoms with Crippen LogP contribution in [0.2, 0.25) is 0 Å². The lowest BCUT2D eigenvalue weighted by molar-refractivity contribution is -0.139. The zero-order chi connectivity index (χ0) is 14.3. The topological polar surface area (TPSA) is 49.8 Å². The van der Waals surface area contributed by atoms with E-state index in [2.05, 4.69) is 19.9 Å². The average molecular weight is 275 g/mol. The second kappa shape index (κ2) is 5.09. The van der Waals surface area contributed by atoms with E-state index < -0.39 is 6.10 Å². The van der Waals surface area contributed by atoms with Gasteiger partial charge in [-0.2, -0.15) is 0 Å². The molecule has 4 heteroatoms. The first-order valence-electron chi connectivity index (χ1n) is 7.28. The summed E-state index contributed by atoms with van der Waals surface area (Å²) in [5, 5.41) is 9.12. The van der Waals surface area contributed by atoms with Crippen molar-refractivity contribution in [2.24, 2.45) is 0 Å². The van der Waals surface area contributed by atoms with Crippen LogP contribution in [0.1, 0.15) is 29.5 Å². The van der Waals surface area contributed by atoms with Crippen LogP contribution in [0.5, 0.6) is 5.75 Å². The molecule has 0 aromatic heterocycles. The third-order valence-corrected chi connectivity index (χ3v) is 4.24. The van der Waals surface area contributed by atoms with Gasteiger partial charge in [0.05, 0.1) is 6.61 Å². The van der Waals surface area contributed by atoms with Gasteiger partial charge in [-0.25, -0.2) is 0 Å². The Bertz CT molecular complexity index is 506. The van der Waals surface area contributed by atoms with Crippen molar-refractivity contribution >= 4 is 5.91 Å². The Balaban J connectivity index is 1.75. The summed E-state index contributed by atoms with van der Waals surface area (Å²) in [5.74, 6) is 0.860. The number of carbonyl (C=O) groups is 1. The van der Waals surface area contributed by atoms with Gasteiger partial charge in [-0.1, -0.05) is 6.07 Å². The number of ether oxygens (including phenoxy) is 1. The summed E-state index contributed by atoms with van der Waals surface area (Å²) in [5.41, 5.74) is 3.53. The maximum atomic E-state index is 12.5. The molecule has 1 unspecified atom stereocenters. The Kier molecular flexibility index (Phi) is 3.42. The highest BCUT2D eigenvalue weighted by molar-refractivity contribution is 5.83. The van der Waals surface area contributed by atoms with Crippen molar-refractivity contribution < 1.29 is 14.6 Å². The molecule has 1 aromatic rings. The maximum Gasteiger partial charge on any atom is 0.264 e. The molecule has 3 rings (SSSR count). The van der Waals surface area contributed by atoms with Crippen LogP contribution in [-0.2, 0) is 11.2 Å². The molecule has 1 saturated carbocycles. The molecular weight excluding hydrogens is 254 g/mol. The smallest absolute Gasteiger partial charge is 0.264 e. The number of aliphatic hydroxyl groups is 1. The number of amides is 1. The molecule has 0 bridgehead atoms. The largest absolute Gasteiger partial charge is 0.480 e. The summed E-state index contributed by atoms with van der Waals surface area (Å²) < 4.78 is 5.84. The van der Waals surface area contributed by atoms with Gasteiger partial charge in [0.1, 0.15) is 5.75 Å². The van der Waals surface area contributed by atoms with Gasteiger partial charge in [0.25, 0.3) is 5.91 Å². The van der Waals surface area contributed by atoms with Crippen molar-refractivity contribution in [3.05, 3.63) is 28.8 Å². The van der Waals surface area contributed by atoms with E-state index >= 15 is 0 Å². The van der Waals surface area contributed by atoms with Crippen molar-refractivity contribution in [1.29, 1.82) is 0 Å². The molecule has 0 radical (unpaired) electrons. The number of hydrogen-bond acceptors (Lipinski definition) is 3. The zero-order valence-electron chi connectivity index (χ0n) is 12.1. The fourth-order valence-corrected chi connectivity index (χ4v) is 2.80. The number of carbonyl (C=O) groups excluding carboxylic acids is 1. The van der Waals surface area contributed by atoms with Gasteiger partial charge >= 0.3 is 0 Å². The third-order valence-electron chi connectivity index (χ3n) is 4.24. The quantitative estimate of drug-likeness (QED) is 0.908. The van der Waals surface area contributed by atoms with Gasteiger partial charge in [-0.15, -0.1) is 0 Å². The van der Waals surface area contributed by atoms with Crippen molar-refractivity contribution in [1.82, 2.24) is 4.90 Å². The van der Waals surface area contributed by atoms with E-state index in [0.29, 0.717) is 19.0 Å². The summed E-state index contributed by atoms with van der Waals surface area (Å²) in [7, 11) is 0. The minimum absolute atomic E-state index is 0.0140. The molecule has 1 aliphatic heterocycles. The summed E-state index contributed by atoms with van der Waals surface area (Å²) in [4.78, 5) is 14.3. The molecular formula is C16H21NO3. The van der Waals surface area contributed by atoms with Crippen LogP contribution in [0, 0.1) is 13.8 Å². The second-order valence-corrected chi connectivity index (χ2v) is 5.84. The zero-order valence-corrected chi connectivity index (χ0v) is 12.1. The van der Waals surface area contributed by atoms with Crippen LogP contribution in [0.25, 0.3) is 0 Å². The minimum atomic E-state index is -0.418. The van der Waals surface area contributed by atoms with Crippen LogP contribution in [0.15, 0.2) is 12.1 Å². The number of benzene rings is 1. The first-order chi connectivity index (χ1) is 9.60. The van der Waals surface area contributed by atoms with Crippen LogP contribution < -0.4 is 4.74 Å². The molecule has 1 atom stereocenters. The average Bonchev–Trinajstić information content (AvgIpc) is 3.17. The first-order valence-corrected chi connectivity index (χ1v) is 7.28. The van der Waals surface area contributed by atoms with Gasteiger partial charge in [-0.05, 0) is 49.4 Å². The standard InChI is InChI=1S/C16H21NO3/c1-10-7-12-9-15(20-14(12)8-11(10)2)16(19)17(5-6-18)13-3-4-13/h7-8,13,15,18H,3-6,9H2,1-2H3. The van der Waals surface area contributed by atoms with Gasteiger partial charge < -0.3 is 14.7 Å². The maximum absolute atomic E-state index is 12.5. The second-order valence-electron chi connectivity index (χ2n) is 5.84. The Labute approximate surface area is 119 Å². The highest BCUT2D eigenvalue weighted by Gasteiger charge is 2.38. The molecule has 1 N–H and O–H groups in total. The predicted octanol–water partition coefficient (Wildman–Crippen LogP) is 1.59. The molecule has 1 amide bonds. The van der Waals surface area contributed by atoms with E-state index in [9.17, 15) is 4.79 Å². The van der Waals surface area contributed by atoms with E-state index in [-0.39, 0.29) is 12.5 Å². The monoisotopic (exact) mass is 275 g/mol. The lowest BCUT2D eigenvalue weighted by Crippen LogP contribution is -2.44. The van der Waals surface area contributed by atoms with E-state index in [1.165, 1.54) is 11.1 Å². The van der Waals surface area contributed by atoms with Crippen molar-refractivity contribution in [3.63, 3.8) is 0 Å². The predicted molar refractivity (Wildman–Crippen MR) is 75.9 cm³/mol. The number of aryl methyl sites for hydroxylation is 2. The summed E-state index contributed by atoms with van der Waals surface area (Å²) in [6.07, 6.45) is 2.32. The Morgan fingerprint density at radius 1 is 1.35 bits per heavy atom. The number of fused-ring (bicyclic) bond motifs is 1. The fraction of sp³-hybridized carbons (Fsp3) is 0.562. The minimum Gasteiger partial charge on any atom is -0.480 e. The van der Waals surface area contributed by atoms with Crippen LogP contribution in [0.3, 0.4) is 0 Å². The number of aliphatic hydroxyl groups excluding tert-OH is 1. The lowest BCUT2D eigenvalue weighted by Gasteiger charge is -2.24. The highest BCUT2D eigenvalue weighted by atomic mass is 16.5. The molecule has 1 heterocycles. The van der Waals surface area contributed by atoms with Crippen molar-refractivity contribution in [2.45, 2.75) is 45.3 Å². The number of nitrogens with zero attached hydrogens (tertiary/aromatic N) is 1. The van der Waals surface area contributed by atoms with Crippen molar-refractivity contribution in [2.75, 3.05) is 13.2 Å². The van der Waals surface area contributed by atoms with Gasteiger partial charge in [-0.3, -0.25) is 4.79 Å². The molecule has 20 heavy (non-hydrogen) atoms. The SMILES string of the molecule is Cc1cc2c(cc1C)OC(C(=O)N(CCO)C1CC1)C2. The van der Waals surface area contributed by atoms with E-state index in [0.717, 1.165) is 24.2 Å². The molecule has 1 fully saturated rings. The fourth-order valence-electron chi connectivity index (χ4n) is 2.80. The summed E-state index contributed by atoms with van der Waals surface area (Å²) in [6.45, 7) is 4.56. The van der Waals surface area contributed by atoms with Crippen LogP contribution in [-0.4, -0.2) is 41.2 Å². The van der Waals surface area contributed by atoms with Gasteiger partial charge in [0, 0.05) is 19.0 Å². The van der Waals surface area contributed by atoms with Gasteiger partial charge in [0.2, 0.25) is 0 Å². The lowest BCUT2D eigenvalue weighted by atomic mass is 10.0. The number of hydrogen-bond donors (Lipinski definition) is 1. The Hall–Kier alpha value is -1.55. The molecule has 0 spiro atoms. The van der Waals surface area contributed by atoms with Crippen molar-refractivity contribution in [3.8, 4) is 5.75 Å². The molecule has 2 aliphatic rings. The van der Waals surface area contributed by atoms with E-state index in [1.54, 1.807) is 4.90 Å². The van der Waals surface area contributed by atoms with Crippen LogP contribution >= 0.6 is 0 Å². The van der Waals surface area contributed by atoms with Gasteiger partial charge in [0.15, 0.2) is 6.10 Å². The Morgan fingerprint density at radius 3 is 2.70 bits per heavy atom. The summed E-state index contributed by atoms with van der Waals surface area (Å²) >= 11 is 0.